The molecule has 1 aromatic carbocycles. The van der Waals surface area contributed by atoms with Gasteiger partial charge >= 0.3 is 0 Å². The fraction of sp³-hybridized carbons (Fsp3) is 0.476. The molecule has 4 rings (SSSR count). The van der Waals surface area contributed by atoms with Crippen molar-refractivity contribution in [1.82, 2.24) is 4.90 Å². The molecule has 4 nitrogen and oxygen atoms in total. The molecule has 1 aliphatic heterocycles. The fourth-order valence-electron chi connectivity index (χ4n) is 4.29. The molecule has 0 bridgehead atoms. The summed E-state index contributed by atoms with van der Waals surface area (Å²) in [6.07, 6.45) is 2.23. The summed E-state index contributed by atoms with van der Waals surface area (Å²) in [5, 5.41) is 0. The molecule has 1 saturated carbocycles. The van der Waals surface area contributed by atoms with E-state index in [1.54, 1.807) is 6.07 Å². The number of amides is 1. The van der Waals surface area contributed by atoms with Crippen molar-refractivity contribution in [2.24, 2.45) is 17.6 Å². The van der Waals surface area contributed by atoms with E-state index < -0.39 is 0 Å². The zero-order chi connectivity index (χ0) is 17.6. The van der Waals surface area contributed by atoms with Crippen LogP contribution in [0.3, 0.4) is 0 Å². The summed E-state index contributed by atoms with van der Waals surface area (Å²) < 4.78 is 5.91. The minimum atomic E-state index is -0.00661. The first-order valence-electron chi connectivity index (χ1n) is 9.28. The van der Waals surface area contributed by atoms with Crippen LogP contribution in [0.25, 0.3) is 11.3 Å². The molecule has 3 atom stereocenters. The van der Waals surface area contributed by atoms with Crippen LogP contribution < -0.4 is 5.73 Å². The van der Waals surface area contributed by atoms with E-state index in [0.29, 0.717) is 23.5 Å². The SMILES string of the molecule is CC(C)c1cccc(-c2ccc(C(=O)N3CC4CCC(N)C4C3)o2)c1. The van der Waals surface area contributed by atoms with Gasteiger partial charge < -0.3 is 15.1 Å². The van der Waals surface area contributed by atoms with Crippen LogP contribution in [0.5, 0.6) is 0 Å². The zero-order valence-electron chi connectivity index (χ0n) is 14.9. The van der Waals surface area contributed by atoms with Gasteiger partial charge in [-0.05, 0) is 54.4 Å². The molecule has 0 radical (unpaired) electrons. The van der Waals surface area contributed by atoms with Crippen molar-refractivity contribution in [3.63, 3.8) is 0 Å². The molecule has 2 heterocycles. The summed E-state index contributed by atoms with van der Waals surface area (Å²) in [7, 11) is 0. The highest BCUT2D eigenvalue weighted by Gasteiger charge is 2.43. The monoisotopic (exact) mass is 338 g/mol. The summed E-state index contributed by atoms with van der Waals surface area (Å²) in [4.78, 5) is 14.7. The molecular weight excluding hydrogens is 312 g/mol. The minimum absolute atomic E-state index is 0.00661. The van der Waals surface area contributed by atoms with Crippen molar-refractivity contribution in [2.75, 3.05) is 13.1 Å². The number of fused-ring (bicyclic) bond motifs is 1. The molecule has 3 unspecified atom stereocenters. The predicted octanol–water partition coefficient (Wildman–Crippen LogP) is 3.88. The molecular formula is C21H26N2O2. The third kappa shape index (κ3) is 2.99. The van der Waals surface area contributed by atoms with Gasteiger partial charge in [0.05, 0.1) is 0 Å². The Kier molecular flexibility index (Phi) is 4.16. The van der Waals surface area contributed by atoms with Crippen molar-refractivity contribution < 1.29 is 9.21 Å². The summed E-state index contributed by atoms with van der Waals surface area (Å²) in [6, 6.07) is 12.3. The largest absolute Gasteiger partial charge is 0.451 e. The molecule has 1 amide bonds. The number of benzene rings is 1. The van der Waals surface area contributed by atoms with Crippen LogP contribution in [0.4, 0.5) is 0 Å². The Bertz CT molecular complexity index is 780. The van der Waals surface area contributed by atoms with Crippen LogP contribution in [0.1, 0.15) is 48.7 Å². The van der Waals surface area contributed by atoms with Crippen molar-refractivity contribution in [1.29, 1.82) is 0 Å². The van der Waals surface area contributed by atoms with Gasteiger partial charge in [-0.15, -0.1) is 0 Å². The third-order valence-corrected chi connectivity index (χ3v) is 5.85. The van der Waals surface area contributed by atoms with E-state index >= 15 is 0 Å². The predicted molar refractivity (Wildman–Crippen MR) is 98.3 cm³/mol. The maximum atomic E-state index is 12.8. The van der Waals surface area contributed by atoms with E-state index in [2.05, 4.69) is 26.0 Å². The van der Waals surface area contributed by atoms with E-state index in [9.17, 15) is 4.79 Å². The van der Waals surface area contributed by atoms with Crippen molar-refractivity contribution in [3.8, 4) is 11.3 Å². The molecule has 2 aliphatic rings. The highest BCUT2D eigenvalue weighted by Crippen LogP contribution is 2.38. The molecule has 2 N–H and O–H groups in total. The Morgan fingerprint density at radius 1 is 1.20 bits per heavy atom. The van der Waals surface area contributed by atoms with E-state index in [0.717, 1.165) is 37.3 Å². The lowest BCUT2D eigenvalue weighted by Gasteiger charge is -2.17. The van der Waals surface area contributed by atoms with Crippen molar-refractivity contribution >= 4 is 5.91 Å². The maximum absolute atomic E-state index is 12.8. The molecule has 2 fully saturated rings. The highest BCUT2D eigenvalue weighted by molar-refractivity contribution is 5.92. The Balaban J connectivity index is 1.52. The molecule has 4 heteroatoms. The third-order valence-electron chi connectivity index (χ3n) is 5.85. The van der Waals surface area contributed by atoms with Gasteiger partial charge in [0.25, 0.3) is 5.91 Å². The van der Waals surface area contributed by atoms with Crippen molar-refractivity contribution in [3.05, 3.63) is 47.7 Å². The number of furan rings is 1. The van der Waals surface area contributed by atoms with E-state index in [4.69, 9.17) is 10.2 Å². The first-order chi connectivity index (χ1) is 12.0. The number of carbonyl (C=O) groups excluding carboxylic acids is 1. The molecule has 132 valence electrons. The number of carbonyl (C=O) groups is 1. The van der Waals surface area contributed by atoms with Crippen LogP contribution in [-0.2, 0) is 0 Å². The lowest BCUT2D eigenvalue weighted by Crippen LogP contribution is -2.33. The van der Waals surface area contributed by atoms with Crippen LogP contribution >= 0.6 is 0 Å². The van der Waals surface area contributed by atoms with Gasteiger partial charge in [0.15, 0.2) is 5.76 Å². The number of nitrogens with zero attached hydrogens (tertiary/aromatic N) is 1. The maximum Gasteiger partial charge on any atom is 0.289 e. The average molecular weight is 338 g/mol. The lowest BCUT2D eigenvalue weighted by atomic mass is 9.98. The van der Waals surface area contributed by atoms with Gasteiger partial charge in [0, 0.05) is 24.7 Å². The molecule has 2 aromatic rings. The van der Waals surface area contributed by atoms with Crippen LogP contribution in [-0.4, -0.2) is 29.9 Å². The number of rotatable bonds is 3. The standard InChI is InChI=1S/C21H26N2O2/c1-13(2)14-4-3-5-15(10-14)19-8-9-20(25-19)21(24)23-11-16-6-7-18(22)17(16)12-23/h3-5,8-10,13,16-18H,6-7,11-12,22H2,1-2H3. The molecule has 1 saturated heterocycles. The number of nitrogens with two attached hydrogens (primary N) is 1. The van der Waals surface area contributed by atoms with Crippen LogP contribution in [0.15, 0.2) is 40.8 Å². The Hall–Kier alpha value is -2.07. The quantitative estimate of drug-likeness (QED) is 0.924. The second-order valence-electron chi connectivity index (χ2n) is 7.82. The Morgan fingerprint density at radius 2 is 2.04 bits per heavy atom. The molecule has 1 aromatic heterocycles. The normalized spacial score (nSPS) is 25.6. The van der Waals surface area contributed by atoms with E-state index in [1.807, 2.05) is 23.1 Å². The Labute approximate surface area is 149 Å². The first-order valence-corrected chi connectivity index (χ1v) is 9.28. The highest BCUT2D eigenvalue weighted by atomic mass is 16.4. The first kappa shape index (κ1) is 16.4. The van der Waals surface area contributed by atoms with Gasteiger partial charge in [-0.2, -0.15) is 0 Å². The van der Waals surface area contributed by atoms with Crippen LogP contribution in [0, 0.1) is 11.8 Å². The molecule has 0 spiro atoms. The summed E-state index contributed by atoms with van der Waals surface area (Å²) >= 11 is 0. The number of likely N-dealkylation sites (tertiary alicyclic amines) is 1. The van der Waals surface area contributed by atoms with Gasteiger partial charge in [-0.1, -0.05) is 32.0 Å². The average Bonchev–Trinajstić information content (AvgIpc) is 3.32. The second kappa shape index (κ2) is 6.34. The van der Waals surface area contributed by atoms with E-state index in [1.165, 1.54) is 5.56 Å². The van der Waals surface area contributed by atoms with Gasteiger partial charge in [0.1, 0.15) is 5.76 Å². The van der Waals surface area contributed by atoms with Gasteiger partial charge in [-0.3, -0.25) is 4.79 Å². The van der Waals surface area contributed by atoms with Crippen molar-refractivity contribution in [2.45, 2.75) is 38.6 Å². The smallest absolute Gasteiger partial charge is 0.289 e. The second-order valence-corrected chi connectivity index (χ2v) is 7.82. The van der Waals surface area contributed by atoms with Gasteiger partial charge in [-0.25, -0.2) is 0 Å². The summed E-state index contributed by atoms with van der Waals surface area (Å²) in [6.45, 7) is 5.93. The van der Waals surface area contributed by atoms with Gasteiger partial charge in [0.2, 0.25) is 0 Å². The van der Waals surface area contributed by atoms with Crippen LogP contribution in [0.2, 0.25) is 0 Å². The number of hydrogen-bond acceptors (Lipinski definition) is 3. The summed E-state index contributed by atoms with van der Waals surface area (Å²) in [5.41, 5.74) is 8.46. The summed E-state index contributed by atoms with van der Waals surface area (Å²) in [5.74, 6) is 2.66. The molecule has 1 aliphatic carbocycles. The Morgan fingerprint density at radius 3 is 2.80 bits per heavy atom. The molecule has 25 heavy (non-hydrogen) atoms. The topological polar surface area (TPSA) is 59.5 Å². The minimum Gasteiger partial charge on any atom is -0.451 e. The lowest BCUT2D eigenvalue weighted by molar-refractivity contribution is 0.0749. The van der Waals surface area contributed by atoms with E-state index in [-0.39, 0.29) is 11.9 Å². The fourth-order valence-corrected chi connectivity index (χ4v) is 4.29. The number of hydrogen-bond donors (Lipinski definition) is 1. The zero-order valence-corrected chi connectivity index (χ0v) is 14.9.